The molecule has 1 aromatic heterocycles. The molecular formula is C48H49N2O8-. The molecule has 0 amide bonds. The maximum absolute atomic E-state index is 15.4. The fraction of sp³-hybridized carbons (Fsp3) is 0.271. The van der Waals surface area contributed by atoms with Crippen molar-refractivity contribution in [3.63, 3.8) is 0 Å². The summed E-state index contributed by atoms with van der Waals surface area (Å²) in [5, 5.41) is 62.3. The molecule has 6 N–H and O–H groups in total. The fourth-order valence-electron chi connectivity index (χ4n) is 8.73. The molecule has 10 heteroatoms. The Morgan fingerprint density at radius 1 is 0.810 bits per heavy atom. The van der Waals surface area contributed by atoms with E-state index in [0.29, 0.717) is 48.2 Å². The van der Waals surface area contributed by atoms with Crippen LogP contribution in [0.15, 0.2) is 122 Å². The molecule has 300 valence electrons. The van der Waals surface area contributed by atoms with Gasteiger partial charge in [-0.3, -0.25) is 4.79 Å². The average Bonchev–Trinajstić information content (AvgIpc) is 3.74. The second kappa shape index (κ2) is 17.2. The number of benzene rings is 5. The van der Waals surface area contributed by atoms with Gasteiger partial charge in [-0.2, -0.15) is 12.4 Å². The van der Waals surface area contributed by atoms with Crippen molar-refractivity contribution in [1.29, 1.82) is 0 Å². The van der Waals surface area contributed by atoms with Crippen molar-refractivity contribution < 1.29 is 39.8 Å². The van der Waals surface area contributed by atoms with Gasteiger partial charge in [0, 0.05) is 18.5 Å². The molecule has 6 aromatic rings. The Balaban J connectivity index is 1.32. The maximum Gasteiger partial charge on any atom is 0.164 e. The summed E-state index contributed by atoms with van der Waals surface area (Å²) in [4.78, 5) is 19.7. The number of hydrogen-bond acceptors (Lipinski definition) is 9. The molecule has 58 heavy (non-hydrogen) atoms. The molecule has 5 unspecified atom stereocenters. The summed E-state index contributed by atoms with van der Waals surface area (Å²) in [5.74, 6) is -1.65. The van der Waals surface area contributed by atoms with Crippen molar-refractivity contribution in [3.05, 3.63) is 161 Å². The fourth-order valence-corrected chi connectivity index (χ4v) is 8.73. The number of aromatic hydroxyl groups is 3. The van der Waals surface area contributed by atoms with Crippen LogP contribution < -0.4 is 19.8 Å². The lowest BCUT2D eigenvalue weighted by molar-refractivity contribution is -0.136. The number of phenols is 3. The highest BCUT2D eigenvalue weighted by Gasteiger charge is 2.52. The van der Waals surface area contributed by atoms with E-state index in [2.05, 4.69) is 34.6 Å². The van der Waals surface area contributed by atoms with Gasteiger partial charge < -0.3 is 45.3 Å². The molecule has 0 aliphatic heterocycles. The number of ether oxygens (including phenoxy) is 2. The second-order valence-electron chi connectivity index (χ2n) is 15.2. The molecule has 0 fully saturated rings. The highest BCUT2D eigenvalue weighted by Crippen LogP contribution is 2.45. The number of Topliss-reactive ketones (excluding diaryl/α,β-unsaturated/α-hetero) is 1. The number of aliphatic hydroxyl groups is 2. The van der Waals surface area contributed by atoms with Gasteiger partial charge in [-0.15, -0.1) is 0 Å². The molecule has 10 nitrogen and oxygen atoms in total. The smallest absolute Gasteiger partial charge is 0.164 e. The van der Waals surface area contributed by atoms with Crippen molar-refractivity contribution >= 4 is 16.6 Å². The highest BCUT2D eigenvalue weighted by molar-refractivity contribution is 5.96. The quantitative estimate of drug-likeness (QED) is 0.0653. The second-order valence-corrected chi connectivity index (χ2v) is 15.2. The van der Waals surface area contributed by atoms with Crippen LogP contribution in [0.2, 0.25) is 0 Å². The summed E-state index contributed by atoms with van der Waals surface area (Å²) in [5.41, 5.74) is 3.56. The van der Waals surface area contributed by atoms with Gasteiger partial charge in [0.1, 0.15) is 5.75 Å². The number of nitrogens with one attached hydrogen (secondary N) is 1. The summed E-state index contributed by atoms with van der Waals surface area (Å²) < 4.78 is 11.2. The average molecular weight is 782 g/mol. The molecule has 5 aromatic carbocycles. The van der Waals surface area contributed by atoms with Gasteiger partial charge in [0.05, 0.1) is 37.8 Å². The summed E-state index contributed by atoms with van der Waals surface area (Å²) in [7, 11) is 4.73. The topological polar surface area (TPSA) is 163 Å². The Morgan fingerprint density at radius 2 is 1.60 bits per heavy atom. The standard InChI is InChI=1S/C48H49N2O8/c1-49-27-31-20-36(25-37(51)21-31)48(26-29-11-14-41(52)43(22-29)57-2)44(54)16-13-39(47(48)56)45(55)35(19-30-17-18-50-28-30)23-34-12-15-42(53)46(58-3)40(34)24-33-9-6-8-32-7-4-5-10-38(32)33/h4-18,20-22,25,28,35,39,44-45,49,51-55H,19,23-24,26-27H2,1-3H3/q-1. The van der Waals surface area contributed by atoms with Gasteiger partial charge in [-0.25, -0.2) is 0 Å². The van der Waals surface area contributed by atoms with Crippen LogP contribution in [0.25, 0.3) is 10.8 Å². The molecule has 0 saturated heterocycles. The van der Waals surface area contributed by atoms with E-state index in [4.69, 9.17) is 9.47 Å². The third kappa shape index (κ3) is 7.91. The number of aromatic nitrogens is 1. The first-order valence-corrected chi connectivity index (χ1v) is 19.4. The Morgan fingerprint density at radius 3 is 2.36 bits per heavy atom. The van der Waals surface area contributed by atoms with Gasteiger partial charge in [-0.05, 0) is 101 Å². The number of hydrogen-bond donors (Lipinski definition) is 6. The molecule has 7 rings (SSSR count). The summed E-state index contributed by atoms with van der Waals surface area (Å²) in [6.07, 6.45) is 5.10. The van der Waals surface area contributed by atoms with Gasteiger partial charge in [0.2, 0.25) is 0 Å². The van der Waals surface area contributed by atoms with Crippen LogP contribution in [0, 0.1) is 11.8 Å². The van der Waals surface area contributed by atoms with E-state index in [1.54, 1.807) is 61.9 Å². The van der Waals surface area contributed by atoms with E-state index >= 15 is 4.79 Å². The molecule has 1 aliphatic rings. The number of rotatable bonds is 15. The first kappa shape index (κ1) is 40.1. The van der Waals surface area contributed by atoms with Crippen LogP contribution in [-0.2, 0) is 42.4 Å². The Hall–Kier alpha value is -6.07. The Labute approximate surface area is 338 Å². The van der Waals surface area contributed by atoms with Crippen molar-refractivity contribution in [2.45, 2.75) is 49.9 Å². The van der Waals surface area contributed by atoms with E-state index in [-0.39, 0.29) is 29.4 Å². The van der Waals surface area contributed by atoms with Crippen LogP contribution in [-0.4, -0.2) is 64.8 Å². The van der Waals surface area contributed by atoms with E-state index < -0.39 is 35.2 Å². The van der Waals surface area contributed by atoms with E-state index in [9.17, 15) is 25.5 Å². The molecule has 5 atom stereocenters. The largest absolute Gasteiger partial charge is 0.670 e. The molecule has 1 aliphatic carbocycles. The van der Waals surface area contributed by atoms with E-state index in [0.717, 1.165) is 33.0 Å². The highest BCUT2D eigenvalue weighted by atomic mass is 16.5. The van der Waals surface area contributed by atoms with Crippen molar-refractivity contribution in [2.75, 3.05) is 21.3 Å². The predicted octanol–water partition coefficient (Wildman–Crippen LogP) is 6.30. The number of fused-ring (bicyclic) bond motifs is 1. The molecule has 0 spiro atoms. The number of carbonyl (C=O) groups excluding carboxylic acids is 1. The molecule has 0 bridgehead atoms. The third-order valence-corrected chi connectivity index (χ3v) is 11.6. The van der Waals surface area contributed by atoms with Crippen molar-refractivity contribution in [3.8, 4) is 28.7 Å². The summed E-state index contributed by atoms with van der Waals surface area (Å²) >= 11 is 0. The van der Waals surface area contributed by atoms with Crippen LogP contribution >= 0.6 is 0 Å². The normalized spacial score (nSPS) is 18.9. The maximum atomic E-state index is 15.4. The molecule has 1 heterocycles. The zero-order valence-electron chi connectivity index (χ0n) is 32.8. The van der Waals surface area contributed by atoms with Gasteiger partial charge >= 0.3 is 0 Å². The zero-order chi connectivity index (χ0) is 41.0. The zero-order valence-corrected chi connectivity index (χ0v) is 32.8. The minimum atomic E-state index is -1.66. The lowest BCUT2D eigenvalue weighted by Gasteiger charge is -2.43. The minimum Gasteiger partial charge on any atom is -0.670 e. The first-order chi connectivity index (χ1) is 28.1. The lowest BCUT2D eigenvalue weighted by atomic mass is 9.60. The Bertz CT molecular complexity index is 2420. The van der Waals surface area contributed by atoms with Crippen LogP contribution in [0.1, 0.15) is 38.9 Å². The first-order valence-electron chi connectivity index (χ1n) is 19.4. The molecular weight excluding hydrogens is 733 g/mol. The van der Waals surface area contributed by atoms with E-state index in [1.165, 1.54) is 26.4 Å². The number of methoxy groups -OCH3 is 2. The van der Waals surface area contributed by atoms with Crippen LogP contribution in [0.4, 0.5) is 0 Å². The van der Waals surface area contributed by atoms with E-state index in [1.807, 2.05) is 30.3 Å². The van der Waals surface area contributed by atoms with Gasteiger partial charge in [-0.1, -0.05) is 84.4 Å². The summed E-state index contributed by atoms with van der Waals surface area (Å²) in [6, 6.07) is 29.2. The predicted molar refractivity (Wildman–Crippen MR) is 223 cm³/mol. The monoisotopic (exact) mass is 781 g/mol. The number of nitrogens with zero attached hydrogens (tertiary/aromatic N) is 1. The SMILES string of the molecule is CNCc1cc(O)cc(C2(Cc3ccc(O)c(OC)c3)C(=O)C(C(O)C(Cc3cc[n-]c3)Cc3ccc(O)c(OC)c3Cc3cccc4ccccc34)C=CC2O)c1. The summed E-state index contributed by atoms with van der Waals surface area (Å²) in [6.45, 7) is 0.393. The van der Waals surface area contributed by atoms with Crippen LogP contribution in [0.5, 0.6) is 28.7 Å². The van der Waals surface area contributed by atoms with Crippen LogP contribution in [0.3, 0.4) is 0 Å². The number of phenolic OH excluding ortho intramolecular Hbond substituents is 3. The van der Waals surface area contributed by atoms with Gasteiger partial charge in [0.25, 0.3) is 0 Å². The number of ketones is 1. The number of carbonyl (C=O) groups is 1. The van der Waals surface area contributed by atoms with Crippen molar-refractivity contribution in [2.24, 2.45) is 11.8 Å². The van der Waals surface area contributed by atoms with Crippen molar-refractivity contribution in [1.82, 2.24) is 10.3 Å². The van der Waals surface area contributed by atoms with Gasteiger partial charge in [0.15, 0.2) is 28.8 Å². The minimum absolute atomic E-state index is 0.00222. The molecule has 0 saturated carbocycles. The molecule has 0 radical (unpaired) electrons. The number of aliphatic hydroxyl groups excluding tert-OH is 2. The lowest BCUT2D eigenvalue weighted by Crippen LogP contribution is -2.55. The Kier molecular flexibility index (Phi) is 11.9. The third-order valence-electron chi connectivity index (χ3n) is 11.6.